The van der Waals surface area contributed by atoms with Crippen LogP contribution in [0, 0.1) is 29.4 Å². The summed E-state index contributed by atoms with van der Waals surface area (Å²) in [6, 6.07) is 7.28. The molecule has 4 atom stereocenters. The zero-order valence-electron chi connectivity index (χ0n) is 17.0. The lowest BCUT2D eigenvalue weighted by Gasteiger charge is -2.42. The van der Waals surface area contributed by atoms with E-state index in [4.69, 9.17) is 0 Å². The van der Waals surface area contributed by atoms with Crippen LogP contribution in [0.25, 0.3) is 10.8 Å². The minimum Gasteiger partial charge on any atom is -0.206 e. The van der Waals surface area contributed by atoms with Gasteiger partial charge in [0.25, 0.3) is 0 Å². The van der Waals surface area contributed by atoms with Crippen LogP contribution in [0.4, 0.5) is 8.78 Å². The Balaban J connectivity index is 1.59. The van der Waals surface area contributed by atoms with Gasteiger partial charge in [-0.3, -0.25) is 0 Å². The molecule has 0 nitrogen and oxygen atoms in total. The van der Waals surface area contributed by atoms with Crippen molar-refractivity contribution in [3.05, 3.63) is 59.7 Å². The zero-order chi connectivity index (χ0) is 19.7. The summed E-state index contributed by atoms with van der Waals surface area (Å²) in [6.07, 6.45) is 11.9. The summed E-state index contributed by atoms with van der Waals surface area (Å²) >= 11 is 0. The van der Waals surface area contributed by atoms with E-state index in [2.05, 4.69) is 13.5 Å². The topological polar surface area (TPSA) is 0 Å². The molecule has 0 saturated heterocycles. The summed E-state index contributed by atoms with van der Waals surface area (Å²) in [4.78, 5) is 0. The van der Waals surface area contributed by atoms with Crippen LogP contribution in [0.3, 0.4) is 0 Å². The molecule has 2 saturated carbocycles. The third-order valence-electron chi connectivity index (χ3n) is 7.47. The van der Waals surface area contributed by atoms with Crippen molar-refractivity contribution in [1.82, 2.24) is 0 Å². The molecule has 2 fully saturated rings. The van der Waals surface area contributed by atoms with Crippen LogP contribution < -0.4 is 0 Å². The van der Waals surface area contributed by atoms with Gasteiger partial charge in [-0.25, -0.2) is 8.78 Å². The fourth-order valence-corrected chi connectivity index (χ4v) is 5.81. The van der Waals surface area contributed by atoms with Crippen LogP contribution in [0.2, 0.25) is 0 Å². The van der Waals surface area contributed by atoms with Gasteiger partial charge in [-0.05, 0) is 91.2 Å². The lowest BCUT2D eigenvalue weighted by atomic mass is 9.63. The van der Waals surface area contributed by atoms with Crippen LogP contribution >= 0.6 is 0 Å². The van der Waals surface area contributed by atoms with Gasteiger partial charge in [0.1, 0.15) is 11.6 Å². The molecule has 2 unspecified atom stereocenters. The van der Waals surface area contributed by atoms with Crippen molar-refractivity contribution in [2.75, 3.05) is 0 Å². The molecule has 0 heterocycles. The van der Waals surface area contributed by atoms with Crippen molar-refractivity contribution in [2.24, 2.45) is 17.8 Å². The molecule has 2 aliphatic rings. The third kappa shape index (κ3) is 3.75. The van der Waals surface area contributed by atoms with Crippen LogP contribution in [-0.2, 0) is 6.42 Å². The fourth-order valence-electron chi connectivity index (χ4n) is 5.81. The standard InChI is InChI=1S/C26H32F2/c1-3-5-6-18-14-22-11-12-23(26(28)25(22)24(27)15-18)21-10-9-19-13-17(4-2)7-8-20(19)16-21/h3,11-12,14-15,17,19-21H,1,4-10,13,16H2,2H3/t17?,19-,20?,21-/m1/s1. The van der Waals surface area contributed by atoms with E-state index in [1.807, 2.05) is 24.3 Å². The SMILES string of the molecule is C=CCCc1cc(F)c2c(F)c([C@@H]3CC[C@@H]4CC(CC)CCC4C3)ccc2c1. The monoisotopic (exact) mass is 382 g/mol. The van der Waals surface area contributed by atoms with Gasteiger partial charge in [-0.2, -0.15) is 0 Å². The van der Waals surface area contributed by atoms with Crippen LogP contribution in [-0.4, -0.2) is 0 Å². The molecular formula is C26H32F2. The summed E-state index contributed by atoms with van der Waals surface area (Å²) in [5.74, 6) is 1.93. The number of benzene rings is 2. The molecule has 0 N–H and O–H groups in total. The summed E-state index contributed by atoms with van der Waals surface area (Å²) < 4.78 is 30.1. The van der Waals surface area contributed by atoms with E-state index in [1.165, 1.54) is 38.2 Å². The van der Waals surface area contributed by atoms with Crippen molar-refractivity contribution in [1.29, 1.82) is 0 Å². The molecule has 0 aromatic heterocycles. The van der Waals surface area contributed by atoms with Gasteiger partial charge in [0.05, 0.1) is 5.39 Å². The first-order chi connectivity index (χ1) is 13.6. The Hall–Kier alpha value is -1.70. The van der Waals surface area contributed by atoms with Crippen molar-refractivity contribution in [3.8, 4) is 0 Å². The molecule has 2 heteroatoms. The van der Waals surface area contributed by atoms with Gasteiger partial charge in [0, 0.05) is 0 Å². The molecule has 28 heavy (non-hydrogen) atoms. The van der Waals surface area contributed by atoms with Gasteiger partial charge < -0.3 is 0 Å². The van der Waals surface area contributed by atoms with E-state index >= 15 is 4.39 Å². The molecule has 2 aromatic carbocycles. The second-order valence-corrected chi connectivity index (χ2v) is 9.09. The number of hydrogen-bond acceptors (Lipinski definition) is 0. The maximum absolute atomic E-state index is 15.4. The number of allylic oxidation sites excluding steroid dienone is 1. The highest BCUT2D eigenvalue weighted by Crippen LogP contribution is 2.49. The van der Waals surface area contributed by atoms with E-state index in [0.717, 1.165) is 54.6 Å². The molecule has 150 valence electrons. The molecule has 0 spiro atoms. The molecule has 0 bridgehead atoms. The van der Waals surface area contributed by atoms with Gasteiger partial charge in [-0.1, -0.05) is 44.0 Å². The van der Waals surface area contributed by atoms with Gasteiger partial charge in [-0.15, -0.1) is 6.58 Å². The Kier molecular flexibility index (Phi) is 5.85. The smallest absolute Gasteiger partial charge is 0.137 e. The molecule has 0 aliphatic heterocycles. The predicted octanol–water partition coefficient (Wildman–Crippen LogP) is 7.95. The van der Waals surface area contributed by atoms with Crippen molar-refractivity contribution >= 4 is 10.8 Å². The zero-order valence-corrected chi connectivity index (χ0v) is 17.0. The Morgan fingerprint density at radius 2 is 1.82 bits per heavy atom. The predicted molar refractivity (Wildman–Crippen MR) is 114 cm³/mol. The highest BCUT2D eigenvalue weighted by molar-refractivity contribution is 5.85. The summed E-state index contributed by atoms with van der Waals surface area (Å²) in [7, 11) is 0. The Bertz CT molecular complexity index is 853. The molecule has 2 aliphatic carbocycles. The van der Waals surface area contributed by atoms with Crippen LogP contribution in [0.1, 0.15) is 75.3 Å². The largest absolute Gasteiger partial charge is 0.206 e. The van der Waals surface area contributed by atoms with E-state index in [0.29, 0.717) is 5.39 Å². The number of aryl methyl sites for hydroxylation is 1. The molecule has 4 rings (SSSR count). The number of rotatable bonds is 5. The maximum Gasteiger partial charge on any atom is 0.137 e. The summed E-state index contributed by atoms with van der Waals surface area (Å²) in [5, 5.41) is 0.856. The van der Waals surface area contributed by atoms with E-state index in [9.17, 15) is 4.39 Å². The molecular weight excluding hydrogens is 350 g/mol. The van der Waals surface area contributed by atoms with Gasteiger partial charge in [0.15, 0.2) is 0 Å². The van der Waals surface area contributed by atoms with E-state index in [-0.39, 0.29) is 17.1 Å². The third-order valence-corrected chi connectivity index (χ3v) is 7.47. The lowest BCUT2D eigenvalue weighted by molar-refractivity contribution is 0.116. The quantitative estimate of drug-likeness (QED) is 0.460. The van der Waals surface area contributed by atoms with Crippen molar-refractivity contribution in [3.63, 3.8) is 0 Å². The highest BCUT2D eigenvalue weighted by atomic mass is 19.1. The number of hydrogen-bond donors (Lipinski definition) is 0. The first kappa shape index (κ1) is 19.6. The second kappa shape index (κ2) is 8.35. The number of halogens is 2. The highest BCUT2D eigenvalue weighted by Gasteiger charge is 2.36. The first-order valence-corrected chi connectivity index (χ1v) is 11.1. The Morgan fingerprint density at radius 1 is 1.04 bits per heavy atom. The fraction of sp³-hybridized carbons (Fsp3) is 0.538. The average Bonchev–Trinajstić information content (AvgIpc) is 2.71. The van der Waals surface area contributed by atoms with Crippen molar-refractivity contribution < 1.29 is 8.78 Å². The molecule has 2 aromatic rings. The van der Waals surface area contributed by atoms with Crippen molar-refractivity contribution in [2.45, 2.75) is 70.6 Å². The Labute approximate surface area is 168 Å². The maximum atomic E-state index is 15.4. The van der Waals surface area contributed by atoms with E-state index < -0.39 is 5.82 Å². The molecule has 0 radical (unpaired) electrons. The summed E-state index contributed by atoms with van der Waals surface area (Å²) in [5.41, 5.74) is 1.64. The average molecular weight is 383 g/mol. The molecule has 0 amide bonds. The normalized spacial score (nSPS) is 27.5. The van der Waals surface area contributed by atoms with Crippen LogP contribution in [0.15, 0.2) is 36.9 Å². The Morgan fingerprint density at radius 3 is 2.61 bits per heavy atom. The van der Waals surface area contributed by atoms with Gasteiger partial charge >= 0.3 is 0 Å². The number of fused-ring (bicyclic) bond motifs is 2. The minimum absolute atomic E-state index is 0.177. The van der Waals surface area contributed by atoms with Crippen LogP contribution in [0.5, 0.6) is 0 Å². The first-order valence-electron chi connectivity index (χ1n) is 11.1. The lowest BCUT2D eigenvalue weighted by Crippen LogP contribution is -2.30. The van der Waals surface area contributed by atoms with E-state index in [1.54, 1.807) is 0 Å². The minimum atomic E-state index is -0.423. The van der Waals surface area contributed by atoms with Gasteiger partial charge in [0.2, 0.25) is 0 Å². The summed E-state index contributed by atoms with van der Waals surface area (Å²) in [6.45, 7) is 6.03. The second-order valence-electron chi connectivity index (χ2n) is 9.09.